The van der Waals surface area contributed by atoms with Gasteiger partial charge in [-0.2, -0.15) is 0 Å². The van der Waals surface area contributed by atoms with Crippen LogP contribution in [0, 0.1) is 11.8 Å². The first-order chi connectivity index (χ1) is 12.4. The SMILES string of the molecule is CC(CS(=O)(=O)NC(=O)NCCCc1nc2ccccc2n1C)C1CC1. The van der Waals surface area contributed by atoms with E-state index >= 15 is 0 Å². The lowest BCUT2D eigenvalue weighted by molar-refractivity contribution is 0.245. The molecule has 142 valence electrons. The van der Waals surface area contributed by atoms with Crippen LogP contribution in [0.4, 0.5) is 4.79 Å². The monoisotopic (exact) mass is 378 g/mol. The van der Waals surface area contributed by atoms with Gasteiger partial charge in [-0.3, -0.25) is 0 Å². The molecule has 1 aliphatic carbocycles. The number of benzene rings is 1. The highest BCUT2D eigenvalue weighted by Gasteiger charge is 2.31. The molecule has 1 unspecified atom stereocenters. The molecule has 0 saturated heterocycles. The maximum absolute atomic E-state index is 12.0. The Balaban J connectivity index is 1.42. The van der Waals surface area contributed by atoms with Crippen LogP contribution in [-0.4, -0.2) is 36.3 Å². The number of nitrogens with zero attached hydrogens (tertiary/aromatic N) is 2. The van der Waals surface area contributed by atoms with Gasteiger partial charge in [0.1, 0.15) is 5.82 Å². The third-order valence-corrected chi connectivity index (χ3v) is 6.36. The average molecular weight is 378 g/mol. The lowest BCUT2D eigenvalue weighted by atomic mass is 10.1. The number of amides is 2. The van der Waals surface area contributed by atoms with Crippen molar-refractivity contribution < 1.29 is 13.2 Å². The molecule has 26 heavy (non-hydrogen) atoms. The second-order valence-electron chi connectivity index (χ2n) is 7.13. The molecule has 2 aromatic rings. The minimum atomic E-state index is -3.58. The number of nitrogens with one attached hydrogen (secondary N) is 2. The van der Waals surface area contributed by atoms with E-state index in [2.05, 4.69) is 15.0 Å². The molecule has 3 rings (SSSR count). The zero-order valence-corrected chi connectivity index (χ0v) is 16.1. The summed E-state index contributed by atoms with van der Waals surface area (Å²) < 4.78 is 28.1. The van der Waals surface area contributed by atoms with E-state index in [0.29, 0.717) is 25.3 Å². The summed E-state index contributed by atoms with van der Waals surface area (Å²) >= 11 is 0. The number of sulfonamides is 1. The molecule has 1 aliphatic rings. The van der Waals surface area contributed by atoms with Crippen molar-refractivity contribution in [2.24, 2.45) is 18.9 Å². The van der Waals surface area contributed by atoms with E-state index < -0.39 is 16.1 Å². The number of fused-ring (bicyclic) bond motifs is 1. The fourth-order valence-electron chi connectivity index (χ4n) is 3.23. The van der Waals surface area contributed by atoms with Gasteiger partial charge in [0.05, 0.1) is 16.8 Å². The summed E-state index contributed by atoms with van der Waals surface area (Å²) in [7, 11) is -1.61. The summed E-state index contributed by atoms with van der Waals surface area (Å²) in [5.74, 6) is 1.53. The third-order valence-electron chi connectivity index (χ3n) is 4.90. The number of urea groups is 1. The largest absolute Gasteiger partial charge is 0.337 e. The summed E-state index contributed by atoms with van der Waals surface area (Å²) in [4.78, 5) is 16.4. The number of hydrogen-bond donors (Lipinski definition) is 2. The Kier molecular flexibility index (Phi) is 5.50. The Morgan fingerprint density at radius 3 is 2.77 bits per heavy atom. The first-order valence-corrected chi connectivity index (χ1v) is 10.7. The first-order valence-electron chi connectivity index (χ1n) is 9.04. The minimum absolute atomic E-state index is 0.00491. The standard InChI is InChI=1S/C18H26N4O3S/c1-13(14-9-10-14)12-26(24,25)21-18(23)19-11-5-8-17-20-15-6-3-4-7-16(15)22(17)2/h3-4,6-7,13-14H,5,8-12H2,1-2H3,(H2,19,21,23). The van der Waals surface area contributed by atoms with Gasteiger partial charge in [0.25, 0.3) is 0 Å². The highest BCUT2D eigenvalue weighted by Crippen LogP contribution is 2.36. The summed E-state index contributed by atoms with van der Waals surface area (Å²) in [5, 5.41) is 2.61. The van der Waals surface area contributed by atoms with Crippen molar-refractivity contribution in [2.75, 3.05) is 12.3 Å². The zero-order chi connectivity index (χ0) is 18.7. The molecule has 0 bridgehead atoms. The van der Waals surface area contributed by atoms with Crippen LogP contribution in [0.15, 0.2) is 24.3 Å². The first kappa shape index (κ1) is 18.7. The topological polar surface area (TPSA) is 93.1 Å². The van der Waals surface area contributed by atoms with Crippen LogP contribution >= 0.6 is 0 Å². The Bertz CT molecular complexity index is 887. The molecular formula is C18H26N4O3S. The number of aromatic nitrogens is 2. The van der Waals surface area contributed by atoms with Gasteiger partial charge in [-0.05, 0) is 43.2 Å². The van der Waals surface area contributed by atoms with Gasteiger partial charge in [0.2, 0.25) is 10.0 Å². The second-order valence-corrected chi connectivity index (χ2v) is 8.90. The van der Waals surface area contributed by atoms with E-state index in [-0.39, 0.29) is 11.7 Å². The number of para-hydroxylation sites is 2. The Morgan fingerprint density at radius 2 is 2.08 bits per heavy atom. The van der Waals surface area contributed by atoms with Gasteiger partial charge in [-0.15, -0.1) is 0 Å². The number of carbonyl (C=O) groups excluding carboxylic acids is 1. The normalized spacial score (nSPS) is 15.8. The maximum atomic E-state index is 12.0. The van der Waals surface area contributed by atoms with Crippen molar-refractivity contribution in [3.63, 3.8) is 0 Å². The van der Waals surface area contributed by atoms with E-state index in [1.807, 2.05) is 42.8 Å². The van der Waals surface area contributed by atoms with Gasteiger partial charge >= 0.3 is 6.03 Å². The molecule has 0 radical (unpaired) electrons. The van der Waals surface area contributed by atoms with Crippen molar-refractivity contribution in [3.8, 4) is 0 Å². The Hall–Kier alpha value is -2.09. The van der Waals surface area contributed by atoms with Crippen molar-refractivity contribution >= 4 is 27.1 Å². The molecule has 1 saturated carbocycles. The smallest absolute Gasteiger partial charge is 0.328 e. The molecule has 7 nitrogen and oxygen atoms in total. The Labute approximate surface area is 154 Å². The van der Waals surface area contributed by atoms with Gasteiger partial charge in [-0.25, -0.2) is 22.9 Å². The van der Waals surface area contributed by atoms with Crippen LogP contribution in [0.2, 0.25) is 0 Å². The summed E-state index contributed by atoms with van der Waals surface area (Å²) in [6.07, 6.45) is 3.57. The quantitative estimate of drug-likeness (QED) is 0.689. The van der Waals surface area contributed by atoms with Crippen molar-refractivity contribution in [3.05, 3.63) is 30.1 Å². The molecule has 1 heterocycles. The summed E-state index contributed by atoms with van der Waals surface area (Å²) in [5.41, 5.74) is 2.02. The number of hydrogen-bond acceptors (Lipinski definition) is 4. The molecule has 2 amide bonds. The summed E-state index contributed by atoms with van der Waals surface area (Å²) in [6.45, 7) is 2.31. The average Bonchev–Trinajstić information content (AvgIpc) is 3.37. The number of aryl methyl sites for hydroxylation is 2. The lowest BCUT2D eigenvalue weighted by Gasteiger charge is -2.12. The van der Waals surface area contributed by atoms with Crippen LogP contribution in [0.25, 0.3) is 11.0 Å². The van der Waals surface area contributed by atoms with E-state index in [0.717, 1.165) is 29.7 Å². The third kappa shape index (κ3) is 4.75. The molecule has 1 fully saturated rings. The van der Waals surface area contributed by atoms with E-state index in [1.165, 1.54) is 0 Å². The van der Waals surface area contributed by atoms with Crippen LogP contribution in [0.5, 0.6) is 0 Å². The maximum Gasteiger partial charge on any atom is 0.328 e. The van der Waals surface area contributed by atoms with Crippen LogP contribution in [0.3, 0.4) is 0 Å². The van der Waals surface area contributed by atoms with Gasteiger partial charge in [-0.1, -0.05) is 19.1 Å². The lowest BCUT2D eigenvalue weighted by Crippen LogP contribution is -2.42. The van der Waals surface area contributed by atoms with Gasteiger partial charge in [0, 0.05) is 20.0 Å². The van der Waals surface area contributed by atoms with Gasteiger partial charge in [0.15, 0.2) is 0 Å². The fraction of sp³-hybridized carbons (Fsp3) is 0.556. The predicted molar refractivity (Wildman–Crippen MR) is 101 cm³/mol. The number of rotatable bonds is 8. The highest BCUT2D eigenvalue weighted by molar-refractivity contribution is 7.90. The van der Waals surface area contributed by atoms with Crippen molar-refractivity contribution in [1.29, 1.82) is 0 Å². The van der Waals surface area contributed by atoms with Crippen LogP contribution in [0.1, 0.15) is 32.0 Å². The molecule has 8 heteroatoms. The highest BCUT2D eigenvalue weighted by atomic mass is 32.2. The Morgan fingerprint density at radius 1 is 1.35 bits per heavy atom. The minimum Gasteiger partial charge on any atom is -0.337 e. The second kappa shape index (κ2) is 7.65. The van der Waals surface area contributed by atoms with Crippen LogP contribution < -0.4 is 10.0 Å². The van der Waals surface area contributed by atoms with Crippen molar-refractivity contribution in [2.45, 2.75) is 32.6 Å². The number of imidazole rings is 1. The molecule has 1 aromatic carbocycles. The molecule has 2 N–H and O–H groups in total. The van der Waals surface area contributed by atoms with E-state index in [1.54, 1.807) is 0 Å². The van der Waals surface area contributed by atoms with E-state index in [4.69, 9.17) is 0 Å². The molecular weight excluding hydrogens is 352 g/mol. The molecule has 0 spiro atoms. The molecule has 1 aromatic heterocycles. The molecule has 1 atom stereocenters. The van der Waals surface area contributed by atoms with Gasteiger partial charge < -0.3 is 9.88 Å². The summed E-state index contributed by atoms with van der Waals surface area (Å²) in [6, 6.07) is 7.26. The zero-order valence-electron chi connectivity index (χ0n) is 15.2. The van der Waals surface area contributed by atoms with Crippen molar-refractivity contribution in [1.82, 2.24) is 19.6 Å². The predicted octanol–water partition coefficient (Wildman–Crippen LogP) is 2.18. The molecule has 0 aliphatic heterocycles. The van der Waals surface area contributed by atoms with E-state index in [9.17, 15) is 13.2 Å². The number of carbonyl (C=O) groups is 1. The fourth-order valence-corrected chi connectivity index (χ4v) is 4.64. The van der Waals surface area contributed by atoms with Crippen LogP contribution in [-0.2, 0) is 23.5 Å².